The van der Waals surface area contributed by atoms with Crippen LogP contribution >= 0.6 is 23.7 Å². The molecule has 1 aromatic heterocycles. The first-order valence-electron chi connectivity index (χ1n) is 6.77. The number of aryl methyl sites for hydroxylation is 1. The average molecular weight is 324 g/mol. The summed E-state index contributed by atoms with van der Waals surface area (Å²) in [5, 5.41) is 6.03. The number of thiazole rings is 1. The Kier molecular flexibility index (Phi) is 5.33. The molecule has 0 atom stereocenters. The summed E-state index contributed by atoms with van der Waals surface area (Å²) in [6, 6.07) is 8.13. The van der Waals surface area contributed by atoms with Crippen LogP contribution in [0.15, 0.2) is 29.6 Å². The van der Waals surface area contributed by atoms with Crippen LogP contribution in [0.4, 0.5) is 0 Å². The molecule has 112 valence electrons. The molecule has 0 bridgehead atoms. The number of benzene rings is 1. The van der Waals surface area contributed by atoms with Crippen LogP contribution in [-0.4, -0.2) is 42.0 Å². The molecule has 0 unspecified atom stereocenters. The van der Waals surface area contributed by atoms with Gasteiger partial charge in [-0.3, -0.25) is 4.79 Å². The minimum Gasteiger partial charge on any atom is -0.335 e. The zero-order valence-electron chi connectivity index (χ0n) is 11.8. The molecule has 3 rings (SSSR count). The number of amides is 1. The first-order valence-corrected chi connectivity index (χ1v) is 7.65. The van der Waals surface area contributed by atoms with E-state index in [1.165, 1.54) is 16.9 Å². The fraction of sp³-hybridized carbons (Fsp3) is 0.333. The monoisotopic (exact) mass is 323 g/mol. The van der Waals surface area contributed by atoms with Crippen LogP contribution in [0.1, 0.15) is 16.1 Å². The van der Waals surface area contributed by atoms with E-state index in [1.807, 2.05) is 28.5 Å². The maximum Gasteiger partial charge on any atom is 0.273 e. The Morgan fingerprint density at radius 2 is 2.00 bits per heavy atom. The third kappa shape index (κ3) is 3.43. The Morgan fingerprint density at radius 1 is 1.29 bits per heavy atom. The van der Waals surface area contributed by atoms with Crippen molar-refractivity contribution < 1.29 is 4.79 Å². The second-order valence-electron chi connectivity index (χ2n) is 4.90. The van der Waals surface area contributed by atoms with Gasteiger partial charge in [-0.1, -0.05) is 24.3 Å². The van der Waals surface area contributed by atoms with E-state index in [4.69, 9.17) is 0 Å². The summed E-state index contributed by atoms with van der Waals surface area (Å²) < 4.78 is 0. The maximum atomic E-state index is 12.4. The van der Waals surface area contributed by atoms with Crippen LogP contribution in [0.25, 0.3) is 10.6 Å². The average Bonchev–Trinajstić information content (AvgIpc) is 2.97. The molecule has 1 saturated heterocycles. The van der Waals surface area contributed by atoms with Crippen molar-refractivity contribution in [2.45, 2.75) is 6.92 Å². The van der Waals surface area contributed by atoms with Gasteiger partial charge in [-0.25, -0.2) is 4.98 Å². The van der Waals surface area contributed by atoms with Crippen molar-refractivity contribution in [2.24, 2.45) is 0 Å². The number of halogens is 1. The topological polar surface area (TPSA) is 45.2 Å². The predicted molar refractivity (Wildman–Crippen MR) is 88.3 cm³/mol. The van der Waals surface area contributed by atoms with E-state index in [1.54, 1.807) is 0 Å². The third-order valence-electron chi connectivity index (χ3n) is 3.50. The highest BCUT2D eigenvalue weighted by atomic mass is 35.5. The molecule has 1 amide bonds. The van der Waals surface area contributed by atoms with Crippen molar-refractivity contribution in [3.05, 3.63) is 40.9 Å². The summed E-state index contributed by atoms with van der Waals surface area (Å²) in [6.07, 6.45) is 0. The summed E-state index contributed by atoms with van der Waals surface area (Å²) in [5.74, 6) is 0.0441. The van der Waals surface area contributed by atoms with Crippen molar-refractivity contribution >= 4 is 29.7 Å². The Balaban J connectivity index is 0.00000161. The summed E-state index contributed by atoms with van der Waals surface area (Å²) in [6.45, 7) is 5.31. The molecule has 1 aliphatic rings. The van der Waals surface area contributed by atoms with E-state index in [0.29, 0.717) is 5.69 Å². The Labute approximate surface area is 134 Å². The molecule has 6 heteroatoms. The quantitative estimate of drug-likeness (QED) is 0.924. The summed E-state index contributed by atoms with van der Waals surface area (Å²) in [5.41, 5.74) is 2.86. The van der Waals surface area contributed by atoms with Gasteiger partial charge in [0.15, 0.2) is 0 Å². The SMILES string of the molecule is Cc1ccccc1-c1nc(C(=O)N2CCNCC2)cs1.Cl. The lowest BCUT2D eigenvalue weighted by Crippen LogP contribution is -2.46. The van der Waals surface area contributed by atoms with Gasteiger partial charge < -0.3 is 10.2 Å². The molecule has 2 aromatic rings. The van der Waals surface area contributed by atoms with Gasteiger partial charge in [0.05, 0.1) is 0 Å². The molecule has 0 spiro atoms. The lowest BCUT2D eigenvalue weighted by atomic mass is 10.1. The van der Waals surface area contributed by atoms with Crippen LogP contribution in [0.3, 0.4) is 0 Å². The van der Waals surface area contributed by atoms with E-state index >= 15 is 0 Å². The number of hydrogen-bond donors (Lipinski definition) is 1. The van der Waals surface area contributed by atoms with Gasteiger partial charge in [0.1, 0.15) is 10.7 Å². The largest absolute Gasteiger partial charge is 0.335 e. The molecule has 1 N–H and O–H groups in total. The molecule has 21 heavy (non-hydrogen) atoms. The van der Waals surface area contributed by atoms with Crippen LogP contribution in [0.2, 0.25) is 0 Å². The molecule has 4 nitrogen and oxygen atoms in total. The van der Waals surface area contributed by atoms with Crippen LogP contribution in [0.5, 0.6) is 0 Å². The normalized spacial score (nSPS) is 14.6. The second-order valence-corrected chi connectivity index (χ2v) is 5.75. The third-order valence-corrected chi connectivity index (χ3v) is 4.38. The molecule has 0 radical (unpaired) electrons. The van der Waals surface area contributed by atoms with Gasteiger partial charge in [0.25, 0.3) is 5.91 Å². The summed E-state index contributed by atoms with van der Waals surface area (Å²) in [4.78, 5) is 18.8. The first kappa shape index (κ1) is 15.9. The van der Waals surface area contributed by atoms with Crippen molar-refractivity contribution in [3.8, 4) is 10.6 Å². The number of nitrogens with zero attached hydrogens (tertiary/aromatic N) is 2. The zero-order chi connectivity index (χ0) is 13.9. The van der Waals surface area contributed by atoms with E-state index in [-0.39, 0.29) is 18.3 Å². The minimum atomic E-state index is 0. The molecule has 0 aliphatic carbocycles. The molecule has 0 saturated carbocycles. The van der Waals surface area contributed by atoms with E-state index < -0.39 is 0 Å². The number of piperazine rings is 1. The van der Waals surface area contributed by atoms with Gasteiger partial charge in [-0.05, 0) is 12.5 Å². The minimum absolute atomic E-state index is 0. The van der Waals surface area contributed by atoms with Gasteiger partial charge in [-0.2, -0.15) is 0 Å². The van der Waals surface area contributed by atoms with Gasteiger partial charge in [0, 0.05) is 37.1 Å². The number of carbonyl (C=O) groups is 1. The fourth-order valence-electron chi connectivity index (χ4n) is 2.34. The Bertz CT molecular complexity index is 623. The molecule has 1 aromatic carbocycles. The highest BCUT2D eigenvalue weighted by molar-refractivity contribution is 7.13. The van der Waals surface area contributed by atoms with Gasteiger partial charge in [0.2, 0.25) is 0 Å². The fourth-order valence-corrected chi connectivity index (χ4v) is 3.22. The molecule has 2 heterocycles. The number of nitrogens with one attached hydrogen (secondary N) is 1. The standard InChI is InChI=1S/C15H17N3OS.ClH/c1-11-4-2-3-5-12(11)14-17-13(10-20-14)15(19)18-8-6-16-7-9-18;/h2-5,10,16H,6-9H2,1H3;1H. The van der Waals surface area contributed by atoms with Crippen LogP contribution < -0.4 is 5.32 Å². The second kappa shape index (κ2) is 7.02. The Hall–Kier alpha value is -1.43. The summed E-state index contributed by atoms with van der Waals surface area (Å²) in [7, 11) is 0. The van der Waals surface area contributed by atoms with E-state index in [9.17, 15) is 4.79 Å². The molecular weight excluding hydrogens is 306 g/mol. The maximum absolute atomic E-state index is 12.4. The van der Waals surface area contributed by atoms with Crippen LogP contribution in [-0.2, 0) is 0 Å². The highest BCUT2D eigenvalue weighted by Gasteiger charge is 2.20. The molecule has 1 aliphatic heterocycles. The lowest BCUT2D eigenvalue weighted by Gasteiger charge is -2.26. The van der Waals surface area contributed by atoms with Crippen molar-refractivity contribution in [1.82, 2.24) is 15.2 Å². The van der Waals surface area contributed by atoms with Crippen molar-refractivity contribution in [1.29, 1.82) is 0 Å². The number of hydrogen-bond acceptors (Lipinski definition) is 4. The lowest BCUT2D eigenvalue weighted by molar-refractivity contribution is 0.0731. The van der Waals surface area contributed by atoms with Crippen LogP contribution in [0, 0.1) is 6.92 Å². The molecule has 1 fully saturated rings. The van der Waals surface area contributed by atoms with Crippen molar-refractivity contribution in [2.75, 3.05) is 26.2 Å². The smallest absolute Gasteiger partial charge is 0.273 e. The number of aromatic nitrogens is 1. The number of carbonyl (C=O) groups excluding carboxylic acids is 1. The first-order chi connectivity index (χ1) is 9.75. The highest BCUT2D eigenvalue weighted by Crippen LogP contribution is 2.26. The predicted octanol–water partition coefficient (Wildman–Crippen LogP) is 2.59. The van der Waals surface area contributed by atoms with Gasteiger partial charge in [-0.15, -0.1) is 23.7 Å². The zero-order valence-corrected chi connectivity index (χ0v) is 13.5. The molecular formula is C15H18ClN3OS. The number of rotatable bonds is 2. The van der Waals surface area contributed by atoms with E-state index in [2.05, 4.69) is 23.3 Å². The van der Waals surface area contributed by atoms with E-state index in [0.717, 1.165) is 36.8 Å². The summed E-state index contributed by atoms with van der Waals surface area (Å²) >= 11 is 1.53. The van der Waals surface area contributed by atoms with Gasteiger partial charge >= 0.3 is 0 Å². The van der Waals surface area contributed by atoms with Crippen molar-refractivity contribution in [3.63, 3.8) is 0 Å². The Morgan fingerprint density at radius 3 is 2.71 bits per heavy atom.